The molecule has 0 fully saturated rings. The fourth-order valence-electron chi connectivity index (χ4n) is 2.84. The molecule has 156 valence electrons. The van der Waals surface area contributed by atoms with Crippen LogP contribution in [-0.2, 0) is 14.8 Å². The SMILES string of the molecule is CCCN(CCC)C(=O)/C=C/c1ccc(S(=O)(=O)Nc2ccccc2OC)cc1. The van der Waals surface area contributed by atoms with Crippen LogP contribution in [-0.4, -0.2) is 39.4 Å². The highest BCUT2D eigenvalue weighted by molar-refractivity contribution is 7.92. The third-order valence-corrected chi connectivity index (χ3v) is 5.64. The molecule has 0 radical (unpaired) electrons. The Bertz CT molecular complexity index is 932. The van der Waals surface area contributed by atoms with Crippen molar-refractivity contribution >= 4 is 27.7 Å². The molecule has 0 heterocycles. The number of amides is 1. The fourth-order valence-corrected chi connectivity index (χ4v) is 3.91. The third kappa shape index (κ3) is 6.35. The monoisotopic (exact) mass is 416 g/mol. The topological polar surface area (TPSA) is 75.7 Å². The van der Waals surface area contributed by atoms with Crippen LogP contribution in [0.25, 0.3) is 6.08 Å². The molecule has 2 rings (SSSR count). The van der Waals surface area contributed by atoms with Gasteiger partial charge in [0, 0.05) is 19.2 Å². The smallest absolute Gasteiger partial charge is 0.262 e. The zero-order valence-corrected chi connectivity index (χ0v) is 17.9. The van der Waals surface area contributed by atoms with E-state index in [0.29, 0.717) is 11.4 Å². The van der Waals surface area contributed by atoms with Crippen molar-refractivity contribution in [2.45, 2.75) is 31.6 Å². The second-order valence-corrected chi connectivity index (χ2v) is 8.22. The molecule has 0 saturated carbocycles. The first kappa shape index (κ1) is 22.5. The van der Waals surface area contributed by atoms with Crippen LogP contribution >= 0.6 is 0 Å². The molecule has 1 N–H and O–H groups in total. The van der Waals surface area contributed by atoms with E-state index in [1.165, 1.54) is 25.3 Å². The molecule has 0 spiro atoms. The van der Waals surface area contributed by atoms with Gasteiger partial charge in [-0.15, -0.1) is 0 Å². The number of carbonyl (C=O) groups is 1. The van der Waals surface area contributed by atoms with Crippen LogP contribution in [0, 0.1) is 0 Å². The van der Waals surface area contributed by atoms with E-state index in [9.17, 15) is 13.2 Å². The Labute approximate surface area is 173 Å². The van der Waals surface area contributed by atoms with Gasteiger partial charge in [0.2, 0.25) is 5.91 Å². The minimum absolute atomic E-state index is 0.0387. The summed E-state index contributed by atoms with van der Waals surface area (Å²) < 4.78 is 33.0. The van der Waals surface area contributed by atoms with E-state index >= 15 is 0 Å². The van der Waals surface area contributed by atoms with E-state index in [-0.39, 0.29) is 10.8 Å². The molecule has 0 aromatic heterocycles. The number of sulfonamides is 1. The predicted octanol–water partition coefficient (Wildman–Crippen LogP) is 4.16. The number of nitrogens with zero attached hydrogens (tertiary/aromatic N) is 1. The minimum atomic E-state index is -3.75. The summed E-state index contributed by atoms with van der Waals surface area (Å²) in [5.74, 6) is 0.404. The van der Waals surface area contributed by atoms with Gasteiger partial charge >= 0.3 is 0 Å². The Balaban J connectivity index is 2.11. The van der Waals surface area contributed by atoms with Crippen LogP contribution in [0.3, 0.4) is 0 Å². The van der Waals surface area contributed by atoms with Crippen LogP contribution in [0.1, 0.15) is 32.3 Å². The maximum absolute atomic E-state index is 12.6. The molecule has 1 amide bonds. The quantitative estimate of drug-likeness (QED) is 0.590. The number of nitrogens with one attached hydrogen (secondary N) is 1. The molecular formula is C22H28N2O4S. The molecule has 7 heteroatoms. The molecule has 2 aromatic rings. The molecule has 0 unspecified atom stereocenters. The summed E-state index contributed by atoms with van der Waals surface area (Å²) in [4.78, 5) is 14.2. The van der Waals surface area contributed by atoms with E-state index in [2.05, 4.69) is 4.72 Å². The van der Waals surface area contributed by atoms with E-state index in [1.807, 2.05) is 18.7 Å². The Morgan fingerprint density at radius 2 is 1.66 bits per heavy atom. The van der Waals surface area contributed by atoms with Gasteiger partial charge in [-0.3, -0.25) is 9.52 Å². The number of methoxy groups -OCH3 is 1. The van der Waals surface area contributed by atoms with Crippen molar-refractivity contribution in [3.8, 4) is 5.75 Å². The molecular weight excluding hydrogens is 388 g/mol. The van der Waals surface area contributed by atoms with Crippen LogP contribution in [0.2, 0.25) is 0 Å². The molecule has 0 aliphatic carbocycles. The number of anilines is 1. The van der Waals surface area contributed by atoms with E-state index < -0.39 is 10.0 Å². The lowest BCUT2D eigenvalue weighted by Crippen LogP contribution is -2.30. The lowest BCUT2D eigenvalue weighted by atomic mass is 10.2. The lowest BCUT2D eigenvalue weighted by molar-refractivity contribution is -0.126. The van der Waals surface area contributed by atoms with Gasteiger partial charge in [-0.1, -0.05) is 38.1 Å². The fraction of sp³-hybridized carbons (Fsp3) is 0.318. The summed E-state index contributed by atoms with van der Waals surface area (Å²) in [7, 11) is -2.27. The molecule has 2 aromatic carbocycles. The zero-order chi connectivity index (χ0) is 21.3. The van der Waals surface area contributed by atoms with E-state index in [1.54, 1.807) is 42.5 Å². The van der Waals surface area contributed by atoms with Gasteiger partial charge in [-0.25, -0.2) is 8.42 Å². The van der Waals surface area contributed by atoms with Gasteiger partial charge in [0.25, 0.3) is 10.0 Å². The van der Waals surface area contributed by atoms with Crippen molar-refractivity contribution in [1.29, 1.82) is 0 Å². The number of hydrogen-bond acceptors (Lipinski definition) is 4. The summed E-state index contributed by atoms with van der Waals surface area (Å²) in [6.07, 6.45) is 5.04. The highest BCUT2D eigenvalue weighted by Crippen LogP contribution is 2.26. The Morgan fingerprint density at radius 3 is 2.24 bits per heavy atom. The van der Waals surface area contributed by atoms with Gasteiger partial charge < -0.3 is 9.64 Å². The van der Waals surface area contributed by atoms with Crippen molar-refractivity contribution < 1.29 is 17.9 Å². The van der Waals surface area contributed by atoms with Gasteiger partial charge in [0.1, 0.15) is 5.75 Å². The van der Waals surface area contributed by atoms with Crippen molar-refractivity contribution in [2.24, 2.45) is 0 Å². The molecule has 0 bridgehead atoms. The van der Waals surface area contributed by atoms with Crippen molar-refractivity contribution in [3.63, 3.8) is 0 Å². The van der Waals surface area contributed by atoms with Crippen molar-refractivity contribution in [2.75, 3.05) is 24.9 Å². The second kappa shape index (κ2) is 10.7. The minimum Gasteiger partial charge on any atom is -0.495 e. The average Bonchev–Trinajstić information content (AvgIpc) is 2.72. The summed E-state index contributed by atoms with van der Waals surface area (Å²) in [6, 6.07) is 13.2. The normalized spacial score (nSPS) is 11.4. The average molecular weight is 417 g/mol. The number of rotatable bonds is 10. The van der Waals surface area contributed by atoms with Gasteiger partial charge in [-0.2, -0.15) is 0 Å². The first-order chi connectivity index (χ1) is 13.9. The Hall–Kier alpha value is -2.80. The summed E-state index contributed by atoms with van der Waals surface area (Å²) >= 11 is 0. The van der Waals surface area contributed by atoms with Gasteiger partial charge in [0.05, 0.1) is 17.7 Å². The molecule has 6 nitrogen and oxygen atoms in total. The summed E-state index contributed by atoms with van der Waals surface area (Å²) in [6.45, 7) is 5.53. The van der Waals surface area contributed by atoms with Crippen molar-refractivity contribution in [3.05, 3.63) is 60.2 Å². The van der Waals surface area contributed by atoms with Crippen LogP contribution in [0.15, 0.2) is 59.5 Å². The number of para-hydroxylation sites is 2. The summed E-state index contributed by atoms with van der Waals surface area (Å²) in [5, 5.41) is 0. The van der Waals surface area contributed by atoms with Crippen LogP contribution in [0.4, 0.5) is 5.69 Å². The third-order valence-electron chi connectivity index (χ3n) is 4.26. The number of hydrogen-bond donors (Lipinski definition) is 1. The maximum atomic E-state index is 12.6. The largest absolute Gasteiger partial charge is 0.495 e. The first-order valence-corrected chi connectivity index (χ1v) is 11.1. The highest BCUT2D eigenvalue weighted by atomic mass is 32.2. The standard InChI is InChI=1S/C22H28N2O4S/c1-4-16-24(17-5-2)22(25)15-12-18-10-13-19(14-11-18)29(26,27)23-20-8-6-7-9-21(20)28-3/h6-15,23H,4-5,16-17H2,1-3H3/b15-12+. The van der Waals surface area contributed by atoms with E-state index in [0.717, 1.165) is 31.5 Å². The van der Waals surface area contributed by atoms with Crippen molar-refractivity contribution in [1.82, 2.24) is 4.90 Å². The molecule has 0 aliphatic rings. The van der Waals surface area contributed by atoms with Gasteiger partial charge in [0.15, 0.2) is 0 Å². The van der Waals surface area contributed by atoms with Crippen LogP contribution in [0.5, 0.6) is 5.75 Å². The number of ether oxygens (including phenoxy) is 1. The predicted molar refractivity (Wildman–Crippen MR) is 116 cm³/mol. The maximum Gasteiger partial charge on any atom is 0.262 e. The number of carbonyl (C=O) groups excluding carboxylic acids is 1. The molecule has 29 heavy (non-hydrogen) atoms. The molecule has 0 atom stereocenters. The van der Waals surface area contributed by atoms with Gasteiger partial charge in [-0.05, 0) is 48.7 Å². The zero-order valence-electron chi connectivity index (χ0n) is 17.1. The van der Waals surface area contributed by atoms with Crippen LogP contribution < -0.4 is 9.46 Å². The number of benzene rings is 2. The first-order valence-electron chi connectivity index (χ1n) is 9.64. The lowest BCUT2D eigenvalue weighted by Gasteiger charge is -2.19. The Morgan fingerprint density at radius 1 is 1.03 bits per heavy atom. The highest BCUT2D eigenvalue weighted by Gasteiger charge is 2.16. The van der Waals surface area contributed by atoms with E-state index in [4.69, 9.17) is 4.74 Å². The molecule has 0 aliphatic heterocycles. The second-order valence-electron chi connectivity index (χ2n) is 6.53. The molecule has 0 saturated heterocycles. The Kier molecular flexibility index (Phi) is 8.27. The summed E-state index contributed by atoms with van der Waals surface area (Å²) in [5.41, 5.74) is 1.12.